The van der Waals surface area contributed by atoms with E-state index in [9.17, 15) is 4.79 Å². The number of carbonyl (C=O) groups excluding carboxylic acids is 1. The summed E-state index contributed by atoms with van der Waals surface area (Å²) in [5.41, 5.74) is -0.417. The van der Waals surface area contributed by atoms with E-state index in [1.165, 1.54) is 32.1 Å². The van der Waals surface area contributed by atoms with E-state index in [1.54, 1.807) is 0 Å². The van der Waals surface area contributed by atoms with Gasteiger partial charge in [0, 0.05) is 18.6 Å². The Bertz CT molecular complexity index is 291. The van der Waals surface area contributed by atoms with Crippen LogP contribution in [0, 0.1) is 5.92 Å². The van der Waals surface area contributed by atoms with Crippen LogP contribution in [0.2, 0.25) is 0 Å². The summed E-state index contributed by atoms with van der Waals surface area (Å²) in [5, 5.41) is 6.55. The van der Waals surface area contributed by atoms with Gasteiger partial charge in [-0.2, -0.15) is 0 Å². The summed E-state index contributed by atoms with van der Waals surface area (Å²) in [5.74, 6) is 0.644. The van der Waals surface area contributed by atoms with Crippen LogP contribution in [0.1, 0.15) is 52.9 Å². The molecule has 0 bridgehead atoms. The number of alkyl carbamates (subject to hydrolysis) is 1. The van der Waals surface area contributed by atoms with Gasteiger partial charge in [0.2, 0.25) is 0 Å². The molecule has 0 aromatic heterocycles. The van der Waals surface area contributed by atoms with E-state index in [0.29, 0.717) is 12.0 Å². The maximum absolute atomic E-state index is 11.8. The second-order valence-electron chi connectivity index (χ2n) is 6.63. The third kappa shape index (κ3) is 4.48. The standard InChI is InChI=1S/C14H26N2O2/c1-14(2,3)18-13(17)16-12(10-7-8-10)9-15-11-5-4-6-11/h10-12,15H,4-9H2,1-3H3,(H,16,17). The predicted octanol–water partition coefficient (Wildman–Crippen LogP) is 2.43. The van der Waals surface area contributed by atoms with Crippen LogP contribution in [0.15, 0.2) is 0 Å². The van der Waals surface area contributed by atoms with E-state index in [2.05, 4.69) is 10.6 Å². The van der Waals surface area contributed by atoms with E-state index in [1.807, 2.05) is 20.8 Å². The van der Waals surface area contributed by atoms with Crippen molar-refractivity contribution in [2.24, 2.45) is 5.92 Å². The topological polar surface area (TPSA) is 50.4 Å². The van der Waals surface area contributed by atoms with Gasteiger partial charge in [0.25, 0.3) is 0 Å². The molecule has 104 valence electrons. The van der Waals surface area contributed by atoms with Gasteiger partial charge in [0.1, 0.15) is 5.60 Å². The van der Waals surface area contributed by atoms with Crippen molar-refractivity contribution in [1.29, 1.82) is 0 Å². The maximum atomic E-state index is 11.8. The summed E-state index contributed by atoms with van der Waals surface area (Å²) in [4.78, 5) is 11.8. The number of rotatable bonds is 5. The van der Waals surface area contributed by atoms with Gasteiger partial charge < -0.3 is 15.4 Å². The monoisotopic (exact) mass is 254 g/mol. The van der Waals surface area contributed by atoms with Crippen LogP contribution in [-0.2, 0) is 4.74 Å². The molecule has 0 aliphatic heterocycles. The first kappa shape index (κ1) is 13.7. The Balaban J connectivity index is 1.73. The zero-order valence-corrected chi connectivity index (χ0v) is 11.8. The van der Waals surface area contributed by atoms with Crippen molar-refractivity contribution in [3.8, 4) is 0 Å². The maximum Gasteiger partial charge on any atom is 0.407 e. The summed E-state index contributed by atoms with van der Waals surface area (Å²) in [6, 6.07) is 0.909. The minimum absolute atomic E-state index is 0.237. The van der Waals surface area contributed by atoms with Crippen LogP contribution in [0.4, 0.5) is 4.79 Å². The molecular weight excluding hydrogens is 228 g/mol. The molecule has 4 heteroatoms. The molecule has 2 fully saturated rings. The van der Waals surface area contributed by atoms with Crippen LogP contribution in [0.3, 0.4) is 0 Å². The van der Waals surface area contributed by atoms with Crippen molar-refractivity contribution >= 4 is 6.09 Å². The molecule has 18 heavy (non-hydrogen) atoms. The first-order valence-electron chi connectivity index (χ1n) is 7.17. The molecule has 2 saturated carbocycles. The lowest BCUT2D eigenvalue weighted by Gasteiger charge is -2.30. The number of hydrogen-bond donors (Lipinski definition) is 2. The second kappa shape index (κ2) is 5.47. The molecule has 0 heterocycles. The molecule has 2 N–H and O–H groups in total. The van der Waals surface area contributed by atoms with Crippen molar-refractivity contribution in [3.05, 3.63) is 0 Å². The molecule has 2 aliphatic rings. The predicted molar refractivity (Wildman–Crippen MR) is 71.5 cm³/mol. The number of amides is 1. The Kier molecular flexibility index (Phi) is 4.15. The molecule has 1 unspecified atom stereocenters. The number of nitrogens with one attached hydrogen (secondary N) is 2. The van der Waals surface area contributed by atoms with Crippen molar-refractivity contribution in [2.75, 3.05) is 6.54 Å². The van der Waals surface area contributed by atoms with Crippen molar-refractivity contribution in [2.45, 2.75) is 70.6 Å². The van der Waals surface area contributed by atoms with Gasteiger partial charge in [-0.3, -0.25) is 0 Å². The van der Waals surface area contributed by atoms with Crippen LogP contribution < -0.4 is 10.6 Å². The molecule has 0 aromatic rings. The lowest BCUT2D eigenvalue weighted by Crippen LogP contribution is -2.48. The first-order valence-corrected chi connectivity index (χ1v) is 7.17. The van der Waals surface area contributed by atoms with Gasteiger partial charge >= 0.3 is 6.09 Å². The smallest absolute Gasteiger partial charge is 0.407 e. The van der Waals surface area contributed by atoms with Gasteiger partial charge in [-0.15, -0.1) is 0 Å². The van der Waals surface area contributed by atoms with Gasteiger partial charge in [-0.1, -0.05) is 6.42 Å². The van der Waals surface area contributed by atoms with E-state index in [-0.39, 0.29) is 12.1 Å². The fraction of sp³-hybridized carbons (Fsp3) is 0.929. The molecule has 4 nitrogen and oxygen atoms in total. The van der Waals surface area contributed by atoms with Crippen LogP contribution in [-0.4, -0.2) is 30.3 Å². The third-order valence-electron chi connectivity index (χ3n) is 3.62. The lowest BCUT2D eigenvalue weighted by molar-refractivity contribution is 0.0495. The van der Waals surface area contributed by atoms with Gasteiger partial charge in [-0.05, 0) is 52.4 Å². The average Bonchev–Trinajstić information content (AvgIpc) is 2.93. The number of carbonyl (C=O) groups is 1. The normalized spacial score (nSPS) is 22.2. The molecule has 0 saturated heterocycles. The molecule has 0 radical (unpaired) electrons. The highest BCUT2D eigenvalue weighted by Crippen LogP contribution is 2.33. The van der Waals surface area contributed by atoms with E-state index >= 15 is 0 Å². The quantitative estimate of drug-likeness (QED) is 0.792. The molecule has 2 rings (SSSR count). The summed E-state index contributed by atoms with van der Waals surface area (Å²) in [6.07, 6.45) is 6.08. The van der Waals surface area contributed by atoms with Crippen molar-refractivity contribution < 1.29 is 9.53 Å². The SMILES string of the molecule is CC(C)(C)OC(=O)NC(CNC1CCC1)C1CC1. The molecular formula is C14H26N2O2. The fourth-order valence-electron chi connectivity index (χ4n) is 2.20. The Labute approximate surface area is 110 Å². The lowest BCUT2D eigenvalue weighted by atomic mass is 9.93. The van der Waals surface area contributed by atoms with Crippen LogP contribution >= 0.6 is 0 Å². The minimum Gasteiger partial charge on any atom is -0.444 e. The van der Waals surface area contributed by atoms with Crippen molar-refractivity contribution in [3.63, 3.8) is 0 Å². The average molecular weight is 254 g/mol. The second-order valence-corrected chi connectivity index (χ2v) is 6.63. The molecule has 2 aliphatic carbocycles. The summed E-state index contributed by atoms with van der Waals surface area (Å²) < 4.78 is 5.32. The molecule has 1 amide bonds. The first-order chi connectivity index (χ1) is 8.44. The van der Waals surface area contributed by atoms with Gasteiger partial charge in [0.05, 0.1) is 0 Å². The highest BCUT2D eigenvalue weighted by atomic mass is 16.6. The zero-order chi connectivity index (χ0) is 13.2. The third-order valence-corrected chi connectivity index (χ3v) is 3.62. The number of hydrogen-bond acceptors (Lipinski definition) is 3. The largest absolute Gasteiger partial charge is 0.444 e. The molecule has 1 atom stereocenters. The highest BCUT2D eigenvalue weighted by molar-refractivity contribution is 5.68. The Morgan fingerprint density at radius 2 is 1.94 bits per heavy atom. The molecule has 0 aromatic carbocycles. The van der Waals surface area contributed by atoms with Crippen molar-refractivity contribution in [1.82, 2.24) is 10.6 Å². The summed E-state index contributed by atoms with van der Waals surface area (Å²) >= 11 is 0. The van der Waals surface area contributed by atoms with Gasteiger partial charge in [0.15, 0.2) is 0 Å². The van der Waals surface area contributed by atoms with Crippen LogP contribution in [0.5, 0.6) is 0 Å². The fourth-order valence-corrected chi connectivity index (χ4v) is 2.20. The molecule has 0 spiro atoms. The Morgan fingerprint density at radius 1 is 1.28 bits per heavy atom. The Morgan fingerprint density at radius 3 is 2.39 bits per heavy atom. The van der Waals surface area contributed by atoms with Gasteiger partial charge in [-0.25, -0.2) is 4.79 Å². The minimum atomic E-state index is -0.417. The summed E-state index contributed by atoms with van der Waals surface area (Å²) in [7, 11) is 0. The Hall–Kier alpha value is -0.770. The zero-order valence-electron chi connectivity index (χ0n) is 11.8. The van der Waals surface area contributed by atoms with E-state index in [0.717, 1.165) is 6.54 Å². The van der Waals surface area contributed by atoms with E-state index < -0.39 is 5.60 Å². The van der Waals surface area contributed by atoms with Crippen LogP contribution in [0.25, 0.3) is 0 Å². The number of ether oxygens (including phenoxy) is 1. The highest BCUT2D eigenvalue weighted by Gasteiger charge is 2.33. The van der Waals surface area contributed by atoms with E-state index in [4.69, 9.17) is 4.74 Å². The summed E-state index contributed by atoms with van der Waals surface area (Å²) in [6.45, 7) is 6.57.